The van der Waals surface area contributed by atoms with Crippen molar-refractivity contribution in [3.05, 3.63) is 46.7 Å². The van der Waals surface area contributed by atoms with Crippen molar-refractivity contribution in [1.29, 1.82) is 15.8 Å². The topological polar surface area (TPSA) is 94.9 Å². The van der Waals surface area contributed by atoms with E-state index in [9.17, 15) is 20.6 Å². The number of hydrogen-bond donors (Lipinski definition) is 0. The fourth-order valence-corrected chi connectivity index (χ4v) is 6.30. The smallest absolute Gasteiger partial charge is 0.260 e. The van der Waals surface area contributed by atoms with Gasteiger partial charge in [-0.2, -0.15) is 15.8 Å². The normalized spacial score (nSPS) is 15.0. The van der Waals surface area contributed by atoms with E-state index in [0.29, 0.717) is 23.9 Å². The van der Waals surface area contributed by atoms with E-state index in [1.54, 1.807) is 0 Å². The molecular weight excluding hydrogens is 542 g/mol. The van der Waals surface area contributed by atoms with Gasteiger partial charge in [0.15, 0.2) is 5.57 Å². The summed E-state index contributed by atoms with van der Waals surface area (Å²) in [5, 5.41) is 29.8. The summed E-state index contributed by atoms with van der Waals surface area (Å²) >= 11 is 0. The van der Waals surface area contributed by atoms with Crippen molar-refractivity contribution >= 4 is 17.2 Å². The Morgan fingerprint density at radius 2 is 1.23 bits per heavy atom. The van der Waals surface area contributed by atoms with Gasteiger partial charge in [0.2, 0.25) is 0 Å². The fraction of sp³-hybridized carbons (Fsp3) is 0.632. The van der Waals surface area contributed by atoms with E-state index in [1.165, 1.54) is 43.4 Å². The van der Waals surface area contributed by atoms with Gasteiger partial charge in [-0.25, -0.2) is 0 Å². The highest BCUT2D eigenvalue weighted by Gasteiger charge is 2.39. The highest BCUT2D eigenvalue weighted by molar-refractivity contribution is 6.26. The predicted octanol–water partition coefficient (Wildman–Crippen LogP) is 9.56. The first-order valence-electron chi connectivity index (χ1n) is 17.2. The van der Waals surface area contributed by atoms with Gasteiger partial charge in [0.1, 0.15) is 18.2 Å². The van der Waals surface area contributed by atoms with Crippen molar-refractivity contribution in [3.63, 3.8) is 0 Å². The average molecular weight is 598 g/mol. The number of nitriles is 3. The molecular formula is C38H55N5O. The van der Waals surface area contributed by atoms with Gasteiger partial charge >= 0.3 is 0 Å². The Kier molecular flexibility index (Phi) is 16.4. The average Bonchev–Trinajstić information content (AvgIpc) is 3.33. The van der Waals surface area contributed by atoms with Gasteiger partial charge in [-0.1, -0.05) is 111 Å². The van der Waals surface area contributed by atoms with Gasteiger partial charge in [0.05, 0.1) is 16.8 Å². The molecule has 0 aromatic heterocycles. The predicted molar refractivity (Wildman–Crippen MR) is 181 cm³/mol. The van der Waals surface area contributed by atoms with E-state index in [0.717, 1.165) is 57.3 Å². The largest absolute Gasteiger partial charge is 0.371 e. The summed E-state index contributed by atoms with van der Waals surface area (Å²) in [6.07, 6.45) is 13.6. The Labute approximate surface area is 268 Å². The van der Waals surface area contributed by atoms with E-state index in [4.69, 9.17) is 0 Å². The van der Waals surface area contributed by atoms with Crippen molar-refractivity contribution in [2.45, 2.75) is 119 Å². The van der Waals surface area contributed by atoms with E-state index in [-0.39, 0.29) is 34.2 Å². The molecule has 0 saturated carbocycles. The SMILES string of the molecule is CCCCC(CC)CN1C(=O)C(c2ccc(N(CC(CC)CCCC)CC(CC)CCCC)cc2)=C(C#N)C1=C(C#N)C#N. The van der Waals surface area contributed by atoms with Gasteiger partial charge < -0.3 is 9.80 Å². The monoisotopic (exact) mass is 597 g/mol. The van der Waals surface area contributed by atoms with Crippen LogP contribution in [0.3, 0.4) is 0 Å². The summed E-state index contributed by atoms with van der Waals surface area (Å²) in [6, 6.07) is 14.2. The van der Waals surface area contributed by atoms with Gasteiger partial charge in [0, 0.05) is 25.3 Å². The lowest BCUT2D eigenvalue weighted by Gasteiger charge is -2.32. The van der Waals surface area contributed by atoms with Crippen LogP contribution >= 0.6 is 0 Å². The van der Waals surface area contributed by atoms with Crippen molar-refractivity contribution in [2.75, 3.05) is 24.5 Å². The van der Waals surface area contributed by atoms with E-state index in [1.807, 2.05) is 24.3 Å². The molecule has 2 rings (SSSR count). The lowest BCUT2D eigenvalue weighted by atomic mass is 9.95. The Morgan fingerprint density at radius 1 is 0.750 bits per heavy atom. The minimum Gasteiger partial charge on any atom is -0.371 e. The Morgan fingerprint density at radius 3 is 1.64 bits per heavy atom. The number of allylic oxidation sites excluding steroid dienone is 2. The molecule has 1 aliphatic heterocycles. The minimum atomic E-state index is -0.296. The molecule has 0 saturated heterocycles. The number of nitrogens with zero attached hydrogens (tertiary/aromatic N) is 5. The highest BCUT2D eigenvalue weighted by Crippen LogP contribution is 2.39. The zero-order valence-electron chi connectivity index (χ0n) is 28.3. The summed E-state index contributed by atoms with van der Waals surface area (Å²) in [5.74, 6) is 1.17. The molecule has 0 bridgehead atoms. The maximum absolute atomic E-state index is 14.0. The molecule has 0 fully saturated rings. The van der Waals surface area contributed by atoms with Crippen molar-refractivity contribution < 1.29 is 4.79 Å². The zero-order chi connectivity index (χ0) is 32.5. The van der Waals surface area contributed by atoms with Crippen LogP contribution in [-0.4, -0.2) is 30.4 Å². The fourth-order valence-electron chi connectivity index (χ4n) is 6.30. The van der Waals surface area contributed by atoms with Crippen LogP contribution in [0.2, 0.25) is 0 Å². The lowest BCUT2D eigenvalue weighted by molar-refractivity contribution is -0.122. The van der Waals surface area contributed by atoms with Crippen molar-refractivity contribution in [2.24, 2.45) is 17.8 Å². The van der Waals surface area contributed by atoms with Gasteiger partial charge in [-0.3, -0.25) is 4.79 Å². The standard InChI is InChI=1S/C38H55N5O/c1-7-13-16-29(10-4)26-42(27-30(11-5)17-14-8-2)34-21-19-32(20-22-34)36-35(25-41)37(33(23-39)24-40)43(38(36)44)28-31(12-6)18-15-9-3/h19-22,29-31H,7-18,26-28H2,1-6H3. The minimum absolute atomic E-state index is 0.124. The maximum Gasteiger partial charge on any atom is 0.260 e. The Balaban J connectivity index is 2.53. The van der Waals surface area contributed by atoms with Crippen LogP contribution in [0.5, 0.6) is 0 Å². The second-order valence-electron chi connectivity index (χ2n) is 12.4. The molecule has 1 aromatic rings. The third-order valence-electron chi connectivity index (χ3n) is 9.34. The molecule has 6 nitrogen and oxygen atoms in total. The van der Waals surface area contributed by atoms with Crippen LogP contribution in [0, 0.1) is 51.7 Å². The molecule has 0 radical (unpaired) electrons. The number of benzene rings is 1. The van der Waals surface area contributed by atoms with Crippen molar-refractivity contribution in [3.8, 4) is 18.2 Å². The van der Waals surface area contributed by atoms with Crippen LogP contribution in [-0.2, 0) is 4.79 Å². The number of anilines is 1. The summed E-state index contributed by atoms with van der Waals surface area (Å²) in [6.45, 7) is 15.7. The maximum atomic E-state index is 14.0. The number of carbonyl (C=O) groups excluding carboxylic acids is 1. The van der Waals surface area contributed by atoms with E-state index in [2.05, 4.69) is 64.6 Å². The molecule has 238 valence electrons. The molecule has 3 unspecified atom stereocenters. The molecule has 0 spiro atoms. The van der Waals surface area contributed by atoms with Crippen LogP contribution in [0.15, 0.2) is 41.1 Å². The molecule has 0 N–H and O–H groups in total. The molecule has 44 heavy (non-hydrogen) atoms. The molecule has 3 atom stereocenters. The second-order valence-corrected chi connectivity index (χ2v) is 12.4. The summed E-state index contributed by atoms with van der Waals surface area (Å²) in [7, 11) is 0. The Bertz CT molecular complexity index is 1210. The van der Waals surface area contributed by atoms with Crippen molar-refractivity contribution in [1.82, 2.24) is 4.90 Å². The zero-order valence-corrected chi connectivity index (χ0v) is 28.3. The van der Waals surface area contributed by atoms with Gasteiger partial charge in [-0.05, 0) is 54.7 Å². The molecule has 0 aliphatic carbocycles. The van der Waals surface area contributed by atoms with Crippen LogP contribution < -0.4 is 4.90 Å². The number of unbranched alkanes of at least 4 members (excludes halogenated alkanes) is 3. The number of rotatable bonds is 20. The quantitative estimate of drug-likeness (QED) is 0.139. The summed E-state index contributed by atoms with van der Waals surface area (Å²) in [4.78, 5) is 18.1. The number of carbonyl (C=O) groups is 1. The van der Waals surface area contributed by atoms with Gasteiger partial charge in [0.25, 0.3) is 5.91 Å². The molecule has 6 heteroatoms. The first kappa shape index (κ1) is 36.6. The first-order valence-corrected chi connectivity index (χ1v) is 17.2. The summed E-state index contributed by atoms with van der Waals surface area (Å²) < 4.78 is 0. The first-order chi connectivity index (χ1) is 21.4. The van der Waals surface area contributed by atoms with E-state index >= 15 is 0 Å². The van der Waals surface area contributed by atoms with Crippen LogP contribution in [0.25, 0.3) is 5.57 Å². The Hall–Kier alpha value is -3.56. The summed E-state index contributed by atoms with van der Waals surface area (Å²) in [5.41, 5.74) is 2.19. The third kappa shape index (κ3) is 9.72. The number of hydrogen-bond acceptors (Lipinski definition) is 5. The lowest BCUT2D eigenvalue weighted by Crippen LogP contribution is -2.34. The highest BCUT2D eigenvalue weighted by atomic mass is 16.2. The van der Waals surface area contributed by atoms with Gasteiger partial charge in [-0.15, -0.1) is 0 Å². The second kappa shape index (κ2) is 19.7. The third-order valence-corrected chi connectivity index (χ3v) is 9.34. The molecule has 1 aromatic carbocycles. The number of amides is 1. The molecule has 1 heterocycles. The van der Waals surface area contributed by atoms with E-state index < -0.39 is 0 Å². The van der Waals surface area contributed by atoms with Crippen LogP contribution in [0.4, 0.5) is 5.69 Å². The molecule has 1 amide bonds. The van der Waals surface area contributed by atoms with Crippen LogP contribution in [0.1, 0.15) is 124 Å². The molecule has 1 aliphatic rings.